The van der Waals surface area contributed by atoms with Crippen molar-refractivity contribution in [3.63, 3.8) is 0 Å². The fourth-order valence-electron chi connectivity index (χ4n) is 3.44. The second-order valence-electron chi connectivity index (χ2n) is 6.57. The number of nitrogens with zero attached hydrogens (tertiary/aromatic N) is 2. The molecule has 3 aromatic rings. The maximum Gasteiger partial charge on any atom is 0.331 e. The third-order valence-corrected chi connectivity index (χ3v) is 6.39. The first-order chi connectivity index (χ1) is 13.5. The molecule has 1 aliphatic heterocycles. The van der Waals surface area contributed by atoms with Gasteiger partial charge in [-0.3, -0.25) is 0 Å². The third kappa shape index (κ3) is 3.12. The molecule has 0 radical (unpaired) electrons. The van der Waals surface area contributed by atoms with Crippen LogP contribution in [0.5, 0.6) is 0 Å². The summed E-state index contributed by atoms with van der Waals surface area (Å²) in [5.41, 5.74) is 2.92. The summed E-state index contributed by atoms with van der Waals surface area (Å²) in [5, 5.41) is 3.09. The van der Waals surface area contributed by atoms with Gasteiger partial charge in [0, 0.05) is 6.54 Å². The molecule has 0 saturated carbocycles. The highest BCUT2D eigenvalue weighted by Gasteiger charge is 2.42. The molecule has 5 nitrogen and oxygen atoms in total. The molecule has 28 heavy (non-hydrogen) atoms. The molecule has 0 atom stereocenters. The van der Waals surface area contributed by atoms with Crippen molar-refractivity contribution in [3.8, 4) is 0 Å². The molecule has 0 unspecified atom stereocenters. The summed E-state index contributed by atoms with van der Waals surface area (Å²) < 4.78 is 43.6. The molecule has 0 spiro atoms. The summed E-state index contributed by atoms with van der Waals surface area (Å²) >= 11 is 0. The number of para-hydroxylation sites is 3. The molecular formula is C21H20FN3O2S. The minimum Gasteiger partial charge on any atom is -0.316 e. The average Bonchev–Trinajstić information content (AvgIpc) is 2.90. The molecule has 1 heterocycles. The quantitative estimate of drug-likeness (QED) is 0.709. The monoisotopic (exact) mass is 397 g/mol. The average molecular weight is 397 g/mol. The van der Waals surface area contributed by atoms with Crippen LogP contribution in [0.25, 0.3) is 0 Å². The Morgan fingerprint density at radius 1 is 0.857 bits per heavy atom. The highest BCUT2D eigenvalue weighted by molar-refractivity contribution is 7.95. The van der Waals surface area contributed by atoms with Crippen LogP contribution in [0.4, 0.5) is 21.5 Å². The van der Waals surface area contributed by atoms with Crippen molar-refractivity contribution >= 4 is 27.3 Å². The number of rotatable bonds is 5. The predicted molar refractivity (Wildman–Crippen MR) is 109 cm³/mol. The van der Waals surface area contributed by atoms with Crippen molar-refractivity contribution in [1.82, 2.24) is 5.32 Å². The molecule has 0 aliphatic carbocycles. The van der Waals surface area contributed by atoms with E-state index in [1.165, 1.54) is 16.4 Å². The van der Waals surface area contributed by atoms with Gasteiger partial charge in [-0.1, -0.05) is 48.5 Å². The smallest absolute Gasteiger partial charge is 0.316 e. The lowest BCUT2D eigenvalue weighted by Gasteiger charge is -2.22. The maximum atomic E-state index is 14.4. The van der Waals surface area contributed by atoms with Crippen LogP contribution in [0.2, 0.25) is 0 Å². The van der Waals surface area contributed by atoms with Crippen LogP contribution >= 0.6 is 0 Å². The van der Waals surface area contributed by atoms with Gasteiger partial charge >= 0.3 is 10.2 Å². The Labute approximate surface area is 164 Å². The lowest BCUT2D eigenvalue weighted by molar-refractivity contribution is 0.590. The van der Waals surface area contributed by atoms with Crippen molar-refractivity contribution < 1.29 is 12.8 Å². The Morgan fingerprint density at radius 3 is 2.21 bits per heavy atom. The molecule has 4 rings (SSSR count). The highest BCUT2D eigenvalue weighted by atomic mass is 32.2. The van der Waals surface area contributed by atoms with Crippen molar-refractivity contribution in [3.05, 3.63) is 89.7 Å². The Bertz CT molecular complexity index is 1120. The molecular weight excluding hydrogens is 377 g/mol. The Morgan fingerprint density at radius 2 is 1.50 bits per heavy atom. The van der Waals surface area contributed by atoms with Crippen LogP contribution < -0.4 is 13.9 Å². The topological polar surface area (TPSA) is 52.6 Å². The van der Waals surface area contributed by atoms with E-state index in [1.54, 1.807) is 36.4 Å². The summed E-state index contributed by atoms with van der Waals surface area (Å²) in [7, 11) is -2.11. The van der Waals surface area contributed by atoms with E-state index >= 15 is 0 Å². The molecule has 0 saturated heterocycles. The van der Waals surface area contributed by atoms with Crippen LogP contribution in [-0.4, -0.2) is 15.5 Å². The second kappa shape index (κ2) is 7.26. The molecule has 144 valence electrons. The number of halogens is 1. The molecule has 1 N–H and O–H groups in total. The van der Waals surface area contributed by atoms with Gasteiger partial charge in [-0.2, -0.15) is 8.42 Å². The number of hydrogen-bond acceptors (Lipinski definition) is 3. The molecule has 7 heteroatoms. The fourth-order valence-corrected chi connectivity index (χ4v) is 5.15. The minimum atomic E-state index is -3.97. The molecule has 1 aliphatic rings. The normalized spacial score (nSPS) is 14.9. The van der Waals surface area contributed by atoms with Gasteiger partial charge in [0.2, 0.25) is 0 Å². The summed E-state index contributed by atoms with van der Waals surface area (Å²) in [6.07, 6.45) is 0. The fraction of sp³-hybridized carbons (Fsp3) is 0.143. The summed E-state index contributed by atoms with van der Waals surface area (Å²) in [5.74, 6) is -0.584. The number of anilines is 3. The molecule has 3 aromatic carbocycles. The number of benzene rings is 3. The number of hydrogen-bond donors (Lipinski definition) is 1. The van der Waals surface area contributed by atoms with E-state index < -0.39 is 16.0 Å². The SMILES string of the molecule is CNCc1cccc(CN2c3ccccc3N(c3ccccc3F)S2(=O)=O)c1. The van der Waals surface area contributed by atoms with Crippen LogP contribution in [0.15, 0.2) is 72.8 Å². The zero-order chi connectivity index (χ0) is 19.7. The molecule has 0 amide bonds. The minimum absolute atomic E-state index is 0.0152. The van der Waals surface area contributed by atoms with Gasteiger partial charge in [0.25, 0.3) is 0 Å². The van der Waals surface area contributed by atoms with Gasteiger partial charge in [-0.25, -0.2) is 13.0 Å². The lowest BCUT2D eigenvalue weighted by atomic mass is 10.1. The zero-order valence-corrected chi connectivity index (χ0v) is 16.2. The van der Waals surface area contributed by atoms with E-state index in [0.717, 1.165) is 15.4 Å². The van der Waals surface area contributed by atoms with Crippen LogP contribution in [0, 0.1) is 5.82 Å². The lowest BCUT2D eigenvalue weighted by Crippen LogP contribution is -2.35. The second-order valence-corrected chi connectivity index (χ2v) is 8.27. The molecule has 0 fully saturated rings. The van der Waals surface area contributed by atoms with Crippen LogP contribution in [0.3, 0.4) is 0 Å². The summed E-state index contributed by atoms with van der Waals surface area (Å²) in [6, 6.07) is 20.6. The van der Waals surface area contributed by atoms with Crippen molar-refractivity contribution in [2.45, 2.75) is 13.1 Å². The largest absolute Gasteiger partial charge is 0.331 e. The Balaban J connectivity index is 1.79. The van der Waals surface area contributed by atoms with Gasteiger partial charge in [0.05, 0.1) is 23.6 Å². The highest BCUT2D eigenvalue weighted by Crippen LogP contribution is 2.46. The van der Waals surface area contributed by atoms with E-state index in [1.807, 2.05) is 31.3 Å². The first kappa shape index (κ1) is 18.5. The van der Waals surface area contributed by atoms with Crippen molar-refractivity contribution in [1.29, 1.82) is 0 Å². The van der Waals surface area contributed by atoms with Gasteiger partial charge < -0.3 is 5.32 Å². The van der Waals surface area contributed by atoms with Crippen molar-refractivity contribution in [2.24, 2.45) is 0 Å². The third-order valence-electron chi connectivity index (χ3n) is 4.65. The Kier molecular flexibility index (Phi) is 4.78. The summed E-state index contributed by atoms with van der Waals surface area (Å²) in [6.45, 7) is 0.861. The van der Waals surface area contributed by atoms with Gasteiger partial charge in [0.1, 0.15) is 5.82 Å². The standard InChI is InChI=1S/C21H20FN3O2S/c1-23-14-16-7-6-8-17(13-16)15-24-20-11-4-5-12-21(20)25(28(24,26)27)19-10-3-2-9-18(19)22/h2-13,23H,14-15H2,1H3. The van der Waals surface area contributed by atoms with E-state index in [4.69, 9.17) is 0 Å². The van der Waals surface area contributed by atoms with Gasteiger partial charge in [-0.05, 0) is 42.4 Å². The van der Waals surface area contributed by atoms with Crippen LogP contribution in [0.1, 0.15) is 11.1 Å². The van der Waals surface area contributed by atoms with Gasteiger partial charge in [-0.15, -0.1) is 0 Å². The van der Waals surface area contributed by atoms with Crippen molar-refractivity contribution in [2.75, 3.05) is 15.7 Å². The zero-order valence-electron chi connectivity index (χ0n) is 15.3. The van der Waals surface area contributed by atoms with E-state index in [0.29, 0.717) is 17.9 Å². The molecule has 0 bridgehead atoms. The van der Waals surface area contributed by atoms with E-state index in [2.05, 4.69) is 5.32 Å². The number of nitrogens with one attached hydrogen (secondary N) is 1. The van der Waals surface area contributed by atoms with E-state index in [9.17, 15) is 12.8 Å². The first-order valence-electron chi connectivity index (χ1n) is 8.91. The maximum absolute atomic E-state index is 14.4. The Hall–Kier alpha value is -2.90. The van der Waals surface area contributed by atoms with E-state index in [-0.39, 0.29) is 12.2 Å². The molecule has 0 aromatic heterocycles. The summed E-state index contributed by atoms with van der Waals surface area (Å²) in [4.78, 5) is 0. The van der Waals surface area contributed by atoms with Crippen LogP contribution in [-0.2, 0) is 23.3 Å². The number of fused-ring (bicyclic) bond motifs is 1. The first-order valence-corrected chi connectivity index (χ1v) is 10.3. The predicted octanol–water partition coefficient (Wildman–Crippen LogP) is 3.95. The van der Waals surface area contributed by atoms with Gasteiger partial charge in [0.15, 0.2) is 0 Å².